The second kappa shape index (κ2) is 5.03. The van der Waals surface area contributed by atoms with Crippen LogP contribution in [0.25, 0.3) is 4.85 Å². The van der Waals surface area contributed by atoms with Gasteiger partial charge in [-0.2, -0.15) is 0 Å². The average Bonchev–Trinajstić information content (AvgIpc) is 2.26. The number of hydrogen-bond acceptors (Lipinski definition) is 2. The van der Waals surface area contributed by atoms with Crippen LogP contribution in [-0.4, -0.2) is 13.1 Å². The zero-order valence-corrected chi connectivity index (χ0v) is 7.93. The molecular formula is C11H11NO2. The fourth-order valence-corrected chi connectivity index (χ4v) is 1.15. The Morgan fingerprint density at radius 2 is 2.14 bits per heavy atom. The smallest absolute Gasteiger partial charge is 0.313 e. The van der Waals surface area contributed by atoms with Crippen molar-refractivity contribution in [1.29, 1.82) is 0 Å². The first-order valence-corrected chi connectivity index (χ1v) is 4.26. The molecule has 3 heteroatoms. The third kappa shape index (κ3) is 2.60. The zero-order valence-electron chi connectivity index (χ0n) is 7.93. The second-order valence-corrected chi connectivity index (χ2v) is 2.84. The van der Waals surface area contributed by atoms with E-state index in [1.165, 1.54) is 7.11 Å². The van der Waals surface area contributed by atoms with Crippen molar-refractivity contribution < 1.29 is 9.53 Å². The van der Waals surface area contributed by atoms with Gasteiger partial charge in [-0.15, -0.1) is 0 Å². The van der Waals surface area contributed by atoms with Crippen molar-refractivity contribution >= 4 is 5.97 Å². The number of benzene rings is 1. The van der Waals surface area contributed by atoms with Gasteiger partial charge in [0.1, 0.15) is 6.42 Å². The summed E-state index contributed by atoms with van der Waals surface area (Å²) in [5.41, 5.74) is 0.855. The van der Waals surface area contributed by atoms with Gasteiger partial charge in [0.2, 0.25) is 0 Å². The van der Waals surface area contributed by atoms with Crippen molar-refractivity contribution in [3.8, 4) is 0 Å². The summed E-state index contributed by atoms with van der Waals surface area (Å²) in [6.45, 7) is 6.98. The molecule has 0 heterocycles. The predicted molar refractivity (Wildman–Crippen MR) is 52.4 cm³/mol. The van der Waals surface area contributed by atoms with E-state index in [9.17, 15) is 4.79 Å². The first-order valence-electron chi connectivity index (χ1n) is 4.26. The molecule has 1 aromatic carbocycles. The summed E-state index contributed by atoms with van der Waals surface area (Å²) in [5, 5.41) is 0. The van der Waals surface area contributed by atoms with E-state index in [0.717, 1.165) is 5.56 Å². The molecule has 0 N–H and O–H groups in total. The Hall–Kier alpha value is -1.82. The highest BCUT2D eigenvalue weighted by Gasteiger charge is 2.19. The highest BCUT2D eigenvalue weighted by atomic mass is 16.5. The van der Waals surface area contributed by atoms with Crippen LogP contribution in [-0.2, 0) is 9.53 Å². The molecule has 3 nitrogen and oxygen atoms in total. The van der Waals surface area contributed by atoms with Crippen LogP contribution in [0.1, 0.15) is 18.0 Å². The predicted octanol–water partition coefficient (Wildman–Crippen LogP) is 2.21. The molecule has 0 aliphatic heterocycles. The molecule has 0 spiro atoms. The molecule has 0 saturated heterocycles. The van der Waals surface area contributed by atoms with Gasteiger partial charge in [0, 0.05) is 5.56 Å². The Morgan fingerprint density at radius 3 is 2.64 bits per heavy atom. The van der Waals surface area contributed by atoms with Crippen LogP contribution < -0.4 is 0 Å². The third-order valence-corrected chi connectivity index (χ3v) is 1.93. The number of carbonyl (C=O) groups is 1. The van der Waals surface area contributed by atoms with Crippen LogP contribution in [0.4, 0.5) is 0 Å². The SMILES string of the molecule is [C-]#[N+]C(CC(=O)OC)c1ccccc1. The van der Waals surface area contributed by atoms with Gasteiger partial charge in [-0.1, -0.05) is 30.3 Å². The van der Waals surface area contributed by atoms with Crippen molar-refractivity contribution in [2.24, 2.45) is 0 Å². The minimum Gasteiger partial charge on any atom is -0.469 e. The summed E-state index contributed by atoms with van der Waals surface area (Å²) < 4.78 is 4.52. The quantitative estimate of drug-likeness (QED) is 0.539. The Kier molecular flexibility index (Phi) is 3.69. The normalized spacial score (nSPS) is 11.4. The molecule has 72 valence electrons. The fraction of sp³-hybridized carbons (Fsp3) is 0.273. The highest BCUT2D eigenvalue weighted by Crippen LogP contribution is 2.20. The van der Waals surface area contributed by atoms with E-state index in [-0.39, 0.29) is 12.4 Å². The van der Waals surface area contributed by atoms with Crippen molar-refractivity contribution in [2.75, 3.05) is 7.11 Å². The monoisotopic (exact) mass is 189 g/mol. The Labute approximate surface area is 83.1 Å². The molecule has 0 aromatic heterocycles. The molecule has 0 radical (unpaired) electrons. The standard InChI is InChI=1S/C11H11NO2/c1-12-10(8-11(13)14-2)9-6-4-3-5-7-9/h3-7,10H,8H2,2H3. The van der Waals surface area contributed by atoms with Gasteiger partial charge >= 0.3 is 5.97 Å². The summed E-state index contributed by atoms with van der Waals surface area (Å²) in [6, 6.07) is 8.83. The summed E-state index contributed by atoms with van der Waals surface area (Å²) in [6.07, 6.45) is 0.115. The molecule has 0 fully saturated rings. The summed E-state index contributed by atoms with van der Waals surface area (Å²) in [7, 11) is 1.33. The van der Waals surface area contributed by atoms with E-state index in [1.807, 2.05) is 30.3 Å². The topological polar surface area (TPSA) is 30.7 Å². The lowest BCUT2D eigenvalue weighted by Crippen LogP contribution is -2.05. The molecule has 0 bridgehead atoms. The van der Waals surface area contributed by atoms with E-state index in [4.69, 9.17) is 6.57 Å². The van der Waals surface area contributed by atoms with Crippen molar-refractivity contribution in [2.45, 2.75) is 12.5 Å². The van der Waals surface area contributed by atoms with Gasteiger partial charge in [-0.3, -0.25) is 4.79 Å². The van der Waals surface area contributed by atoms with Crippen LogP contribution in [0.5, 0.6) is 0 Å². The Bertz CT molecular complexity index is 340. The number of esters is 1. The molecule has 1 rings (SSSR count). The minimum absolute atomic E-state index is 0.115. The van der Waals surface area contributed by atoms with Gasteiger partial charge in [-0.25, -0.2) is 6.57 Å². The molecular weight excluding hydrogens is 178 g/mol. The van der Waals surface area contributed by atoms with E-state index >= 15 is 0 Å². The molecule has 0 aliphatic rings. The molecule has 0 saturated carbocycles. The number of nitrogens with zero attached hydrogens (tertiary/aromatic N) is 1. The van der Waals surface area contributed by atoms with Crippen LogP contribution in [0.2, 0.25) is 0 Å². The summed E-state index contributed by atoms with van der Waals surface area (Å²) in [5.74, 6) is -0.352. The fourth-order valence-electron chi connectivity index (χ4n) is 1.15. The summed E-state index contributed by atoms with van der Waals surface area (Å²) in [4.78, 5) is 14.4. The van der Waals surface area contributed by atoms with E-state index in [2.05, 4.69) is 9.58 Å². The number of hydrogen-bond donors (Lipinski definition) is 0. The van der Waals surface area contributed by atoms with Crippen molar-refractivity contribution in [3.63, 3.8) is 0 Å². The lowest BCUT2D eigenvalue weighted by Gasteiger charge is -2.03. The molecule has 14 heavy (non-hydrogen) atoms. The van der Waals surface area contributed by atoms with Gasteiger partial charge in [0.05, 0.1) is 7.11 Å². The largest absolute Gasteiger partial charge is 0.469 e. The van der Waals surface area contributed by atoms with E-state index in [1.54, 1.807) is 0 Å². The van der Waals surface area contributed by atoms with Crippen molar-refractivity contribution in [1.82, 2.24) is 0 Å². The summed E-state index contributed by atoms with van der Waals surface area (Å²) >= 11 is 0. The van der Waals surface area contributed by atoms with Crippen LogP contribution >= 0.6 is 0 Å². The second-order valence-electron chi connectivity index (χ2n) is 2.84. The maximum atomic E-state index is 11.0. The third-order valence-electron chi connectivity index (χ3n) is 1.93. The number of methoxy groups -OCH3 is 1. The Balaban J connectivity index is 2.74. The lowest BCUT2D eigenvalue weighted by atomic mass is 10.1. The van der Waals surface area contributed by atoms with E-state index < -0.39 is 6.04 Å². The number of rotatable bonds is 3. The van der Waals surface area contributed by atoms with Gasteiger partial charge in [0.25, 0.3) is 6.04 Å². The van der Waals surface area contributed by atoms with Crippen LogP contribution in [0.15, 0.2) is 30.3 Å². The van der Waals surface area contributed by atoms with Crippen LogP contribution in [0.3, 0.4) is 0 Å². The van der Waals surface area contributed by atoms with Gasteiger partial charge in [0.15, 0.2) is 0 Å². The lowest BCUT2D eigenvalue weighted by molar-refractivity contribution is -0.140. The molecule has 1 atom stereocenters. The van der Waals surface area contributed by atoms with Crippen molar-refractivity contribution in [3.05, 3.63) is 47.3 Å². The molecule has 0 amide bonds. The zero-order chi connectivity index (χ0) is 10.4. The first-order chi connectivity index (χ1) is 6.77. The molecule has 1 unspecified atom stereocenters. The van der Waals surface area contributed by atoms with E-state index in [0.29, 0.717) is 0 Å². The number of carbonyl (C=O) groups excluding carboxylic acids is 1. The highest BCUT2D eigenvalue weighted by molar-refractivity contribution is 5.70. The molecule has 0 aliphatic carbocycles. The maximum absolute atomic E-state index is 11.0. The van der Waals surface area contributed by atoms with Gasteiger partial charge in [-0.05, 0) is 0 Å². The number of ether oxygens (including phenoxy) is 1. The Morgan fingerprint density at radius 1 is 1.50 bits per heavy atom. The first kappa shape index (κ1) is 10.3. The maximum Gasteiger partial charge on any atom is 0.313 e. The minimum atomic E-state index is -0.427. The van der Waals surface area contributed by atoms with Crippen LogP contribution in [0, 0.1) is 6.57 Å². The van der Waals surface area contributed by atoms with Gasteiger partial charge < -0.3 is 9.58 Å². The molecule has 1 aromatic rings. The average molecular weight is 189 g/mol.